The van der Waals surface area contributed by atoms with E-state index in [1.54, 1.807) is 11.8 Å². The van der Waals surface area contributed by atoms with Crippen LogP contribution in [0.5, 0.6) is 0 Å². The van der Waals surface area contributed by atoms with Gasteiger partial charge in [0.1, 0.15) is 11.7 Å². The Hall–Kier alpha value is -3.55. The number of carbonyl (C=O) groups is 2. The number of benzene rings is 1. The second kappa shape index (κ2) is 7.83. The van der Waals surface area contributed by atoms with Crippen molar-refractivity contribution in [2.75, 3.05) is 6.54 Å². The molecule has 1 atom stereocenters. The fourth-order valence-corrected chi connectivity index (χ4v) is 3.56. The van der Waals surface area contributed by atoms with Gasteiger partial charge in [-0.3, -0.25) is 4.79 Å². The number of nitrogens with zero attached hydrogens (tertiary/aromatic N) is 4. The van der Waals surface area contributed by atoms with Gasteiger partial charge >= 0.3 is 5.97 Å². The first-order valence-corrected chi connectivity index (χ1v) is 9.45. The van der Waals surface area contributed by atoms with Crippen LogP contribution in [0.3, 0.4) is 0 Å². The van der Waals surface area contributed by atoms with E-state index in [4.69, 9.17) is 9.63 Å². The van der Waals surface area contributed by atoms with E-state index in [1.807, 2.05) is 30.3 Å². The predicted octanol–water partition coefficient (Wildman–Crippen LogP) is 3.51. The molecule has 1 aliphatic rings. The molecule has 1 amide bonds. The number of amides is 1. The lowest BCUT2D eigenvalue weighted by atomic mass is 10.0. The molecule has 0 aliphatic carbocycles. The molecule has 1 saturated heterocycles. The van der Waals surface area contributed by atoms with Crippen molar-refractivity contribution < 1.29 is 19.2 Å². The molecule has 0 spiro atoms. The number of aromatic nitrogens is 3. The molecule has 4 rings (SSSR count). The molecule has 148 valence electrons. The second-order valence-corrected chi connectivity index (χ2v) is 6.97. The van der Waals surface area contributed by atoms with Crippen LogP contribution >= 0.6 is 0 Å². The number of carboxylic acids is 1. The van der Waals surface area contributed by atoms with Crippen molar-refractivity contribution in [3.8, 4) is 11.4 Å². The third-order valence-corrected chi connectivity index (χ3v) is 5.06. The van der Waals surface area contributed by atoms with Crippen molar-refractivity contribution in [2.45, 2.75) is 32.2 Å². The number of pyridine rings is 1. The summed E-state index contributed by atoms with van der Waals surface area (Å²) in [5, 5.41) is 13.2. The van der Waals surface area contributed by atoms with Gasteiger partial charge in [0.05, 0.1) is 11.3 Å². The monoisotopic (exact) mass is 392 g/mol. The summed E-state index contributed by atoms with van der Waals surface area (Å²) < 4.78 is 5.50. The Morgan fingerprint density at radius 1 is 1.10 bits per heavy atom. The summed E-state index contributed by atoms with van der Waals surface area (Å²) >= 11 is 0. The van der Waals surface area contributed by atoms with Crippen molar-refractivity contribution >= 4 is 11.9 Å². The first kappa shape index (κ1) is 18.8. The van der Waals surface area contributed by atoms with E-state index in [-0.39, 0.29) is 23.2 Å². The van der Waals surface area contributed by atoms with E-state index in [9.17, 15) is 9.59 Å². The van der Waals surface area contributed by atoms with Crippen molar-refractivity contribution in [1.29, 1.82) is 0 Å². The minimum atomic E-state index is -1.07. The number of carbonyl (C=O) groups excluding carboxylic acids is 1. The maximum absolute atomic E-state index is 13.1. The van der Waals surface area contributed by atoms with Gasteiger partial charge < -0.3 is 14.5 Å². The first-order valence-electron chi connectivity index (χ1n) is 9.45. The zero-order chi connectivity index (χ0) is 20.4. The zero-order valence-corrected chi connectivity index (χ0v) is 15.9. The van der Waals surface area contributed by atoms with Gasteiger partial charge in [-0.1, -0.05) is 35.5 Å². The van der Waals surface area contributed by atoms with Crippen LogP contribution in [0.4, 0.5) is 0 Å². The number of piperidine rings is 1. The molecule has 8 heteroatoms. The molecule has 1 aliphatic heterocycles. The maximum atomic E-state index is 13.1. The predicted molar refractivity (Wildman–Crippen MR) is 103 cm³/mol. The Morgan fingerprint density at radius 2 is 1.90 bits per heavy atom. The highest BCUT2D eigenvalue weighted by Crippen LogP contribution is 2.32. The normalized spacial score (nSPS) is 16.6. The van der Waals surface area contributed by atoms with Crippen LogP contribution in [0.1, 0.15) is 57.7 Å². The quantitative estimate of drug-likeness (QED) is 0.723. The Labute approximate surface area is 167 Å². The van der Waals surface area contributed by atoms with Crippen LogP contribution in [0, 0.1) is 6.92 Å². The van der Waals surface area contributed by atoms with Gasteiger partial charge in [0.15, 0.2) is 0 Å². The Bertz CT molecular complexity index is 1050. The summed E-state index contributed by atoms with van der Waals surface area (Å²) in [7, 11) is 0. The lowest BCUT2D eigenvalue weighted by molar-refractivity contribution is 0.0553. The highest BCUT2D eigenvalue weighted by Gasteiger charge is 2.33. The summed E-state index contributed by atoms with van der Waals surface area (Å²) in [5.74, 6) is -0.451. The number of hydrogen-bond donors (Lipinski definition) is 1. The maximum Gasteiger partial charge on any atom is 0.337 e. The topological polar surface area (TPSA) is 109 Å². The molecule has 1 unspecified atom stereocenters. The van der Waals surface area contributed by atoms with E-state index < -0.39 is 5.97 Å². The van der Waals surface area contributed by atoms with Crippen LogP contribution in [0.15, 0.2) is 47.0 Å². The van der Waals surface area contributed by atoms with E-state index in [0.29, 0.717) is 30.4 Å². The van der Waals surface area contributed by atoms with Gasteiger partial charge in [0.2, 0.25) is 11.7 Å². The fraction of sp³-hybridized carbons (Fsp3) is 0.286. The Morgan fingerprint density at radius 3 is 2.62 bits per heavy atom. The largest absolute Gasteiger partial charge is 0.478 e. The third kappa shape index (κ3) is 3.73. The van der Waals surface area contributed by atoms with Crippen LogP contribution in [-0.2, 0) is 0 Å². The van der Waals surface area contributed by atoms with Crippen molar-refractivity contribution in [2.24, 2.45) is 0 Å². The zero-order valence-electron chi connectivity index (χ0n) is 15.9. The second-order valence-electron chi connectivity index (χ2n) is 6.97. The highest BCUT2D eigenvalue weighted by atomic mass is 16.5. The van der Waals surface area contributed by atoms with Crippen molar-refractivity contribution in [3.05, 3.63) is 65.3 Å². The Balaban J connectivity index is 1.61. The smallest absolute Gasteiger partial charge is 0.337 e. The average molecular weight is 392 g/mol. The van der Waals surface area contributed by atoms with Gasteiger partial charge in [0, 0.05) is 12.1 Å². The Kier molecular flexibility index (Phi) is 5.07. The minimum Gasteiger partial charge on any atom is -0.478 e. The molecule has 1 aromatic carbocycles. The highest BCUT2D eigenvalue weighted by molar-refractivity contribution is 5.94. The molecule has 1 N–H and O–H groups in total. The van der Waals surface area contributed by atoms with Crippen LogP contribution in [0.2, 0.25) is 0 Å². The lowest BCUT2D eigenvalue weighted by Gasteiger charge is -2.33. The summed E-state index contributed by atoms with van der Waals surface area (Å²) in [5.41, 5.74) is 1.45. The van der Waals surface area contributed by atoms with Crippen LogP contribution in [0.25, 0.3) is 11.4 Å². The molecule has 2 aromatic heterocycles. The molecule has 3 aromatic rings. The number of rotatable bonds is 4. The molecule has 0 bridgehead atoms. The summed E-state index contributed by atoms with van der Waals surface area (Å²) in [6.45, 7) is 2.13. The number of hydrogen-bond acceptors (Lipinski definition) is 6. The molecule has 0 radical (unpaired) electrons. The van der Waals surface area contributed by atoms with E-state index in [2.05, 4.69) is 15.1 Å². The standard InChI is InChI=1S/C21H20N4O4/c1-13-15(21(27)28)10-11-16(22-13)20(26)25-12-6-5-9-17(25)19-23-18(24-29-19)14-7-3-2-4-8-14/h2-4,7-8,10-11,17H,5-6,9,12H2,1H3,(H,27,28). The molecule has 8 nitrogen and oxygen atoms in total. The van der Waals surface area contributed by atoms with Crippen LogP contribution in [-0.4, -0.2) is 43.6 Å². The first-order chi connectivity index (χ1) is 14.0. The van der Waals surface area contributed by atoms with Crippen LogP contribution < -0.4 is 0 Å². The molecule has 0 saturated carbocycles. The van der Waals surface area contributed by atoms with Gasteiger partial charge in [-0.15, -0.1) is 0 Å². The lowest BCUT2D eigenvalue weighted by Crippen LogP contribution is -2.39. The molecule has 3 heterocycles. The van der Waals surface area contributed by atoms with Gasteiger partial charge in [-0.2, -0.15) is 4.98 Å². The molecular weight excluding hydrogens is 372 g/mol. The van der Waals surface area contributed by atoms with Crippen molar-refractivity contribution in [1.82, 2.24) is 20.0 Å². The van der Waals surface area contributed by atoms with Gasteiger partial charge in [-0.25, -0.2) is 9.78 Å². The summed E-state index contributed by atoms with van der Waals surface area (Å²) in [6, 6.07) is 12.0. The number of aromatic carboxylic acids is 1. The summed E-state index contributed by atoms with van der Waals surface area (Å²) in [6.07, 6.45) is 2.53. The average Bonchev–Trinajstić information content (AvgIpc) is 3.23. The molecule has 29 heavy (non-hydrogen) atoms. The number of likely N-dealkylation sites (tertiary alicyclic amines) is 1. The van der Waals surface area contributed by atoms with Crippen molar-refractivity contribution in [3.63, 3.8) is 0 Å². The van der Waals surface area contributed by atoms with E-state index >= 15 is 0 Å². The van der Waals surface area contributed by atoms with Gasteiger partial charge in [-0.05, 0) is 38.3 Å². The van der Waals surface area contributed by atoms with E-state index in [1.165, 1.54) is 12.1 Å². The SMILES string of the molecule is Cc1nc(C(=O)N2CCCCC2c2nc(-c3ccccc3)no2)ccc1C(=O)O. The third-order valence-electron chi connectivity index (χ3n) is 5.06. The number of carboxylic acid groups (broad SMARTS) is 1. The van der Waals surface area contributed by atoms with E-state index in [0.717, 1.165) is 18.4 Å². The number of aryl methyl sites for hydroxylation is 1. The minimum absolute atomic E-state index is 0.0844. The fourth-order valence-electron chi connectivity index (χ4n) is 3.56. The summed E-state index contributed by atoms with van der Waals surface area (Å²) in [4.78, 5) is 34.7. The molecular formula is C21H20N4O4. The molecule has 1 fully saturated rings. The van der Waals surface area contributed by atoms with Gasteiger partial charge in [0.25, 0.3) is 5.91 Å².